The van der Waals surface area contributed by atoms with E-state index >= 15 is 0 Å². The topological polar surface area (TPSA) is 83.4 Å². The third-order valence-electron chi connectivity index (χ3n) is 4.40. The Morgan fingerprint density at radius 3 is 2.36 bits per heavy atom. The van der Waals surface area contributed by atoms with Gasteiger partial charge < -0.3 is 5.11 Å². The molecule has 1 saturated heterocycles. The average molecular weight is 412 g/mol. The van der Waals surface area contributed by atoms with Gasteiger partial charge in [0.05, 0.1) is 11.6 Å². The zero-order valence-electron chi connectivity index (χ0n) is 14.7. The second-order valence-corrected chi connectivity index (χ2v) is 7.79. The quantitative estimate of drug-likeness (QED) is 0.398. The van der Waals surface area contributed by atoms with E-state index in [0.717, 1.165) is 0 Å². The SMILES string of the molecule is Cc1nnc(N2C(=O)C(=O)/C(=C(/O)c3ccc(Cl)cc3)C2c2ccccc2)s1. The van der Waals surface area contributed by atoms with Crippen molar-refractivity contribution in [3.8, 4) is 0 Å². The molecule has 0 aliphatic carbocycles. The van der Waals surface area contributed by atoms with Gasteiger partial charge in [0.25, 0.3) is 5.78 Å². The largest absolute Gasteiger partial charge is 0.507 e. The van der Waals surface area contributed by atoms with Gasteiger partial charge in [-0.05, 0) is 36.8 Å². The molecule has 1 aromatic heterocycles. The summed E-state index contributed by atoms with van der Waals surface area (Å²) in [7, 11) is 0. The van der Waals surface area contributed by atoms with Crippen molar-refractivity contribution in [2.24, 2.45) is 0 Å². The van der Waals surface area contributed by atoms with Crippen LogP contribution in [0.2, 0.25) is 5.02 Å². The first-order valence-electron chi connectivity index (χ1n) is 8.39. The highest BCUT2D eigenvalue weighted by molar-refractivity contribution is 7.15. The molecule has 1 fully saturated rings. The molecule has 6 nitrogen and oxygen atoms in total. The van der Waals surface area contributed by atoms with E-state index in [4.69, 9.17) is 11.6 Å². The molecular weight excluding hydrogens is 398 g/mol. The van der Waals surface area contributed by atoms with Crippen molar-refractivity contribution in [2.45, 2.75) is 13.0 Å². The minimum Gasteiger partial charge on any atom is -0.507 e. The standard InChI is InChI=1S/C20H14ClN3O3S/c1-11-22-23-20(28-11)24-16(12-5-3-2-4-6-12)15(18(26)19(24)27)17(25)13-7-9-14(21)10-8-13/h2-10,16,25H,1H3/b17-15+. The van der Waals surface area contributed by atoms with Crippen molar-refractivity contribution in [2.75, 3.05) is 4.90 Å². The molecule has 0 spiro atoms. The summed E-state index contributed by atoms with van der Waals surface area (Å²) in [4.78, 5) is 27.0. The third kappa shape index (κ3) is 3.08. The summed E-state index contributed by atoms with van der Waals surface area (Å²) in [6.07, 6.45) is 0. The van der Waals surface area contributed by atoms with E-state index in [9.17, 15) is 14.7 Å². The van der Waals surface area contributed by atoms with E-state index in [1.54, 1.807) is 43.3 Å². The van der Waals surface area contributed by atoms with Crippen LogP contribution in [0.3, 0.4) is 0 Å². The minimum absolute atomic E-state index is 0.00590. The summed E-state index contributed by atoms with van der Waals surface area (Å²) in [5, 5.41) is 20.4. The van der Waals surface area contributed by atoms with Crippen LogP contribution in [0.15, 0.2) is 60.2 Å². The molecule has 1 N–H and O–H groups in total. The Bertz CT molecular complexity index is 1090. The number of amides is 1. The highest BCUT2D eigenvalue weighted by atomic mass is 35.5. The fraction of sp³-hybridized carbons (Fsp3) is 0.100. The first-order chi connectivity index (χ1) is 13.5. The highest BCUT2D eigenvalue weighted by Gasteiger charge is 2.48. The Hall–Kier alpha value is -3.03. The Kier molecular flexibility index (Phi) is 4.70. The molecule has 1 aliphatic rings. The maximum Gasteiger partial charge on any atom is 0.301 e. The molecule has 140 valence electrons. The zero-order valence-corrected chi connectivity index (χ0v) is 16.2. The van der Waals surface area contributed by atoms with Crippen LogP contribution in [0, 0.1) is 6.92 Å². The van der Waals surface area contributed by atoms with E-state index < -0.39 is 17.7 Å². The molecule has 0 radical (unpaired) electrons. The van der Waals surface area contributed by atoms with E-state index in [-0.39, 0.29) is 11.3 Å². The fourth-order valence-electron chi connectivity index (χ4n) is 3.13. The predicted octanol–water partition coefficient (Wildman–Crippen LogP) is 4.13. The summed E-state index contributed by atoms with van der Waals surface area (Å²) in [6.45, 7) is 1.77. The molecule has 1 aliphatic heterocycles. The summed E-state index contributed by atoms with van der Waals surface area (Å²) >= 11 is 7.13. The number of nitrogens with zero attached hydrogens (tertiary/aromatic N) is 3. The minimum atomic E-state index is -0.802. The van der Waals surface area contributed by atoms with Gasteiger partial charge in [-0.2, -0.15) is 0 Å². The Morgan fingerprint density at radius 2 is 1.75 bits per heavy atom. The summed E-state index contributed by atoms with van der Waals surface area (Å²) < 4.78 is 0. The fourth-order valence-corrected chi connectivity index (χ4v) is 3.97. The van der Waals surface area contributed by atoms with Crippen LogP contribution in [-0.2, 0) is 9.59 Å². The molecule has 1 atom stereocenters. The number of rotatable bonds is 3. The number of aliphatic hydroxyl groups is 1. The molecule has 0 saturated carbocycles. The van der Waals surface area contributed by atoms with Gasteiger partial charge in [-0.25, -0.2) is 0 Å². The van der Waals surface area contributed by atoms with Crippen molar-refractivity contribution in [1.82, 2.24) is 10.2 Å². The molecule has 3 aromatic rings. The van der Waals surface area contributed by atoms with Gasteiger partial charge in [-0.1, -0.05) is 53.3 Å². The van der Waals surface area contributed by atoms with Gasteiger partial charge in [0.1, 0.15) is 10.8 Å². The number of carbonyl (C=O) groups is 2. The van der Waals surface area contributed by atoms with Crippen molar-refractivity contribution in [3.63, 3.8) is 0 Å². The Balaban J connectivity index is 1.93. The summed E-state index contributed by atoms with van der Waals surface area (Å²) in [5.74, 6) is -1.78. The number of benzene rings is 2. The maximum atomic E-state index is 12.9. The summed E-state index contributed by atoms with van der Waals surface area (Å²) in [6, 6.07) is 14.7. The second-order valence-electron chi connectivity index (χ2n) is 6.19. The molecule has 2 aromatic carbocycles. The molecular formula is C20H14ClN3O3S. The van der Waals surface area contributed by atoms with Crippen molar-refractivity contribution < 1.29 is 14.7 Å². The van der Waals surface area contributed by atoms with Gasteiger partial charge >= 0.3 is 5.91 Å². The van der Waals surface area contributed by atoms with E-state index in [2.05, 4.69) is 10.2 Å². The maximum absolute atomic E-state index is 12.9. The lowest BCUT2D eigenvalue weighted by Gasteiger charge is -2.22. The van der Waals surface area contributed by atoms with Crippen molar-refractivity contribution in [1.29, 1.82) is 0 Å². The molecule has 4 rings (SSSR count). The number of carbonyl (C=O) groups excluding carboxylic acids is 2. The van der Waals surface area contributed by atoms with Crippen LogP contribution < -0.4 is 4.90 Å². The van der Waals surface area contributed by atoms with Gasteiger partial charge in [0.15, 0.2) is 0 Å². The first kappa shape index (κ1) is 18.3. The smallest absolute Gasteiger partial charge is 0.301 e. The molecule has 0 bridgehead atoms. The van der Waals surface area contributed by atoms with Gasteiger partial charge in [-0.15, -0.1) is 10.2 Å². The van der Waals surface area contributed by atoms with Crippen LogP contribution in [0.4, 0.5) is 5.13 Å². The lowest BCUT2D eigenvalue weighted by Crippen LogP contribution is -2.29. The monoisotopic (exact) mass is 411 g/mol. The van der Waals surface area contributed by atoms with Crippen LogP contribution in [0.25, 0.3) is 5.76 Å². The molecule has 1 unspecified atom stereocenters. The number of halogens is 1. The molecule has 28 heavy (non-hydrogen) atoms. The van der Waals surface area contributed by atoms with Crippen LogP contribution >= 0.6 is 22.9 Å². The Labute approximate surface area is 169 Å². The van der Waals surface area contributed by atoms with E-state index in [1.165, 1.54) is 16.2 Å². The number of ketones is 1. The van der Waals surface area contributed by atoms with Gasteiger partial charge in [0.2, 0.25) is 5.13 Å². The third-order valence-corrected chi connectivity index (χ3v) is 5.49. The van der Waals surface area contributed by atoms with Crippen molar-refractivity contribution >= 4 is 45.5 Å². The normalized spacial score (nSPS) is 18.6. The van der Waals surface area contributed by atoms with Crippen LogP contribution in [-0.4, -0.2) is 27.0 Å². The summed E-state index contributed by atoms with van der Waals surface area (Å²) in [5.41, 5.74) is 1.09. The highest BCUT2D eigenvalue weighted by Crippen LogP contribution is 2.42. The number of Topliss-reactive ketones (excluding diaryl/α,β-unsaturated/α-hetero) is 1. The predicted molar refractivity (Wildman–Crippen MR) is 107 cm³/mol. The molecule has 1 amide bonds. The number of hydrogen-bond acceptors (Lipinski definition) is 6. The zero-order chi connectivity index (χ0) is 19.8. The first-order valence-corrected chi connectivity index (χ1v) is 9.59. The second kappa shape index (κ2) is 7.18. The number of aliphatic hydroxyl groups excluding tert-OH is 1. The molecule has 2 heterocycles. The number of aromatic nitrogens is 2. The lowest BCUT2D eigenvalue weighted by atomic mass is 9.95. The van der Waals surface area contributed by atoms with E-state index in [0.29, 0.717) is 26.3 Å². The Morgan fingerprint density at radius 1 is 1.07 bits per heavy atom. The van der Waals surface area contributed by atoms with Crippen LogP contribution in [0.1, 0.15) is 22.2 Å². The van der Waals surface area contributed by atoms with Crippen LogP contribution in [0.5, 0.6) is 0 Å². The van der Waals surface area contributed by atoms with E-state index in [1.807, 2.05) is 18.2 Å². The number of aryl methyl sites for hydroxylation is 1. The van der Waals surface area contributed by atoms with Crippen molar-refractivity contribution in [3.05, 3.63) is 81.3 Å². The molecule has 8 heteroatoms. The number of hydrogen-bond donors (Lipinski definition) is 1. The van der Waals surface area contributed by atoms with Gasteiger partial charge in [0, 0.05) is 10.6 Å². The number of anilines is 1. The van der Waals surface area contributed by atoms with Gasteiger partial charge in [-0.3, -0.25) is 14.5 Å². The lowest BCUT2D eigenvalue weighted by molar-refractivity contribution is -0.132. The average Bonchev–Trinajstić information content (AvgIpc) is 3.24.